The highest BCUT2D eigenvalue weighted by Gasteiger charge is 2.63. The third kappa shape index (κ3) is 7.00. The molecule has 47 heavy (non-hydrogen) atoms. The van der Waals surface area contributed by atoms with Gasteiger partial charge < -0.3 is 11.5 Å². The van der Waals surface area contributed by atoms with Crippen molar-refractivity contribution in [2.24, 2.45) is 58.2 Å². The predicted molar refractivity (Wildman–Crippen MR) is 190 cm³/mol. The molecule has 6 heteroatoms. The monoisotopic (exact) mass is 646 g/mol. The molecule has 0 aliphatic heterocycles. The maximum Gasteiger partial charge on any atom is 0.120 e. The van der Waals surface area contributed by atoms with Crippen LogP contribution in [-0.4, -0.2) is 11.4 Å². The van der Waals surface area contributed by atoms with Crippen LogP contribution in [0.1, 0.15) is 122 Å². The fourth-order valence-corrected chi connectivity index (χ4v) is 11.6. The Morgan fingerprint density at radius 1 is 0.787 bits per heavy atom. The van der Waals surface area contributed by atoms with E-state index in [2.05, 4.69) is 34.6 Å². The number of anilines is 2. The molecule has 2 aromatic rings. The number of rotatable bonds is 12. The van der Waals surface area contributed by atoms with Gasteiger partial charge in [0.1, 0.15) is 12.7 Å². The molecule has 4 fully saturated rings. The first-order valence-electron chi connectivity index (χ1n) is 18.8. The van der Waals surface area contributed by atoms with Crippen molar-refractivity contribution >= 4 is 11.4 Å². The van der Waals surface area contributed by atoms with Crippen LogP contribution in [0.15, 0.2) is 48.5 Å². The van der Waals surface area contributed by atoms with Gasteiger partial charge in [0, 0.05) is 11.4 Å². The van der Waals surface area contributed by atoms with Crippen LogP contribution in [0.4, 0.5) is 11.4 Å². The summed E-state index contributed by atoms with van der Waals surface area (Å²) >= 11 is 0. The van der Waals surface area contributed by atoms with Crippen LogP contribution >= 0.6 is 0 Å². The van der Waals surface area contributed by atoms with Crippen LogP contribution < -0.4 is 11.5 Å². The summed E-state index contributed by atoms with van der Waals surface area (Å²) in [6.07, 6.45) is 13.3. The van der Waals surface area contributed by atoms with Crippen LogP contribution in [0.3, 0.4) is 0 Å². The van der Waals surface area contributed by atoms with Crippen molar-refractivity contribution in [3.05, 3.63) is 59.7 Å². The van der Waals surface area contributed by atoms with Gasteiger partial charge in [0.2, 0.25) is 0 Å². The van der Waals surface area contributed by atoms with Gasteiger partial charge in [-0.1, -0.05) is 78.1 Å². The van der Waals surface area contributed by atoms with Crippen molar-refractivity contribution in [2.45, 2.75) is 124 Å². The van der Waals surface area contributed by atoms with Crippen LogP contribution in [0.2, 0.25) is 0 Å². The quantitative estimate of drug-likeness (QED) is 0.121. The van der Waals surface area contributed by atoms with Gasteiger partial charge in [-0.15, -0.1) is 0 Å². The lowest BCUT2D eigenvalue weighted by Gasteiger charge is -2.63. The Balaban J connectivity index is 1.23. The Hall–Kier alpha value is -2.12. The summed E-state index contributed by atoms with van der Waals surface area (Å²) in [6.45, 7) is 12.9. The molecule has 260 valence electrons. The van der Waals surface area contributed by atoms with Gasteiger partial charge in [0.15, 0.2) is 0 Å². The Kier molecular flexibility index (Phi) is 10.6. The van der Waals surface area contributed by atoms with E-state index in [9.17, 15) is 5.26 Å². The highest BCUT2D eigenvalue weighted by molar-refractivity contribution is 5.40. The lowest BCUT2D eigenvalue weighted by molar-refractivity contribution is -0.368. The van der Waals surface area contributed by atoms with Crippen LogP contribution in [0.25, 0.3) is 0 Å². The Morgan fingerprint density at radius 3 is 2.13 bits per heavy atom. The van der Waals surface area contributed by atoms with Crippen molar-refractivity contribution in [1.82, 2.24) is 0 Å². The van der Waals surface area contributed by atoms with Gasteiger partial charge in [0.05, 0.1) is 6.10 Å². The molecule has 4 saturated carbocycles. The van der Waals surface area contributed by atoms with Gasteiger partial charge in [-0.2, -0.15) is 0 Å². The first-order valence-corrected chi connectivity index (χ1v) is 18.8. The Morgan fingerprint density at radius 2 is 1.45 bits per heavy atom. The average molecular weight is 647 g/mol. The van der Waals surface area contributed by atoms with Crippen LogP contribution in [0, 0.1) is 58.2 Å². The fourth-order valence-electron chi connectivity index (χ4n) is 11.6. The Labute approximate surface area is 284 Å². The second-order valence-corrected chi connectivity index (χ2v) is 17.1. The standard InChI is InChI=1S/C41H62N2O4/c1-26(2)7-6-8-27(3)34-17-18-35-33-24-38(47-45-25-28-9-13-31(42)14-10-28)37-23-30(39(46-44)29-11-15-32(43)16-12-29)19-21-41(37,5)36(33)20-22-40(34,35)4/h9-16,26-27,30,33-39,44H,6-8,17-25,42-43H2,1-5H3. The lowest BCUT2D eigenvalue weighted by atomic mass is 9.43. The van der Waals surface area contributed by atoms with Gasteiger partial charge in [-0.3, -0.25) is 5.26 Å². The van der Waals surface area contributed by atoms with E-state index in [1.54, 1.807) is 0 Å². The van der Waals surface area contributed by atoms with Crippen molar-refractivity contribution in [3.63, 3.8) is 0 Å². The SMILES string of the molecule is CC(C)CCCC(C)C1CCC2C3CC(OOCc4ccc(N)cc4)C4CC(C(OO)c5ccc(N)cc5)CCC4(C)C3CCC12C. The zero-order valence-corrected chi connectivity index (χ0v) is 29.7. The predicted octanol–water partition coefficient (Wildman–Crippen LogP) is 10.2. The minimum Gasteiger partial charge on any atom is -0.399 e. The molecule has 0 spiro atoms. The van der Waals surface area contributed by atoms with E-state index in [4.69, 9.17) is 26.1 Å². The average Bonchev–Trinajstić information content (AvgIpc) is 3.41. The third-order valence-electron chi connectivity index (χ3n) is 14.1. The molecule has 0 bridgehead atoms. The van der Waals surface area contributed by atoms with Crippen molar-refractivity contribution in [2.75, 3.05) is 11.5 Å². The van der Waals surface area contributed by atoms with Gasteiger partial charge >= 0.3 is 0 Å². The van der Waals surface area contributed by atoms with E-state index in [1.807, 2.05) is 48.5 Å². The summed E-state index contributed by atoms with van der Waals surface area (Å²) in [5, 5.41) is 10.2. The molecule has 0 aromatic heterocycles. The smallest absolute Gasteiger partial charge is 0.120 e. The minimum absolute atomic E-state index is 0.00783. The molecule has 0 saturated heterocycles. The number of nitrogens with two attached hydrogens (primary N) is 2. The molecule has 6 nitrogen and oxygen atoms in total. The van der Waals surface area contributed by atoms with Crippen molar-refractivity contribution in [1.29, 1.82) is 0 Å². The maximum absolute atomic E-state index is 10.2. The highest BCUT2D eigenvalue weighted by Crippen LogP contribution is 2.69. The summed E-state index contributed by atoms with van der Waals surface area (Å²) < 4.78 is 0. The van der Waals surface area contributed by atoms with E-state index in [0.717, 1.165) is 71.9 Å². The molecule has 0 amide bonds. The summed E-state index contributed by atoms with van der Waals surface area (Å²) in [4.78, 5) is 17.9. The van der Waals surface area contributed by atoms with Crippen LogP contribution in [0.5, 0.6) is 0 Å². The highest BCUT2D eigenvalue weighted by atomic mass is 17.2. The molecule has 4 aliphatic rings. The molecular formula is C41H62N2O4. The van der Waals surface area contributed by atoms with E-state index in [-0.39, 0.29) is 23.5 Å². The topological polar surface area (TPSA) is 100.0 Å². The van der Waals surface area contributed by atoms with E-state index in [1.165, 1.54) is 44.9 Å². The second kappa shape index (κ2) is 14.4. The van der Waals surface area contributed by atoms with Crippen molar-refractivity contribution < 1.29 is 19.9 Å². The van der Waals surface area contributed by atoms with Gasteiger partial charge in [-0.25, -0.2) is 14.7 Å². The van der Waals surface area contributed by atoms with E-state index < -0.39 is 0 Å². The fraction of sp³-hybridized carbons (Fsp3) is 0.707. The first kappa shape index (κ1) is 34.7. The third-order valence-corrected chi connectivity index (χ3v) is 14.1. The molecule has 0 radical (unpaired) electrons. The molecule has 4 aliphatic carbocycles. The maximum atomic E-state index is 10.2. The number of nitrogen functional groups attached to an aromatic ring is 2. The molecule has 0 heterocycles. The number of hydrogen-bond acceptors (Lipinski definition) is 6. The second-order valence-electron chi connectivity index (χ2n) is 17.1. The molecule has 11 atom stereocenters. The molecule has 2 aromatic carbocycles. The van der Waals surface area contributed by atoms with E-state index in [0.29, 0.717) is 29.8 Å². The summed E-state index contributed by atoms with van der Waals surface area (Å²) in [5.41, 5.74) is 16.0. The summed E-state index contributed by atoms with van der Waals surface area (Å²) in [5.74, 6) is 5.04. The zero-order chi connectivity index (χ0) is 33.3. The lowest BCUT2D eigenvalue weighted by Crippen LogP contribution is -2.58. The zero-order valence-electron chi connectivity index (χ0n) is 29.7. The first-order chi connectivity index (χ1) is 22.5. The van der Waals surface area contributed by atoms with Gasteiger partial charge in [0.25, 0.3) is 0 Å². The number of benzene rings is 2. The number of fused-ring (bicyclic) bond motifs is 5. The Bertz CT molecular complexity index is 1300. The number of hydrogen-bond donors (Lipinski definition) is 3. The normalized spacial score (nSPS) is 36.4. The summed E-state index contributed by atoms with van der Waals surface area (Å²) in [6, 6.07) is 15.6. The van der Waals surface area contributed by atoms with Crippen molar-refractivity contribution in [3.8, 4) is 0 Å². The van der Waals surface area contributed by atoms with Crippen LogP contribution in [-0.2, 0) is 21.3 Å². The molecular weight excluding hydrogens is 584 g/mol. The minimum atomic E-state index is -0.378. The largest absolute Gasteiger partial charge is 0.399 e. The van der Waals surface area contributed by atoms with Gasteiger partial charge in [-0.05, 0) is 145 Å². The van der Waals surface area contributed by atoms with E-state index >= 15 is 0 Å². The molecule has 11 unspecified atom stereocenters. The summed E-state index contributed by atoms with van der Waals surface area (Å²) in [7, 11) is 0. The molecule has 5 N–H and O–H groups in total. The molecule has 6 rings (SSSR count).